The summed E-state index contributed by atoms with van der Waals surface area (Å²) in [5.41, 5.74) is 0. The second-order valence-corrected chi connectivity index (χ2v) is 5.42. The molecule has 1 N–H and O–H groups in total. The van der Waals surface area contributed by atoms with Crippen molar-refractivity contribution in [3.05, 3.63) is 0 Å². The Morgan fingerprint density at radius 1 is 1.21 bits per heavy atom. The fraction of sp³-hybridized carbons (Fsp3) is 0.857. The van der Waals surface area contributed by atoms with Crippen LogP contribution in [0.5, 0.6) is 0 Å². The summed E-state index contributed by atoms with van der Waals surface area (Å²) < 4.78 is 10.2. The molecule has 3 unspecified atom stereocenters. The normalized spacial score (nSPS) is 30.9. The highest BCUT2D eigenvalue weighted by Crippen LogP contribution is 2.30. The van der Waals surface area contributed by atoms with Crippen LogP contribution in [0.4, 0.5) is 0 Å². The van der Waals surface area contributed by atoms with E-state index in [4.69, 9.17) is 9.47 Å². The zero-order valence-electron chi connectivity index (χ0n) is 11.5. The number of hydrogen-bond acceptors (Lipinski definition) is 4. The van der Waals surface area contributed by atoms with Gasteiger partial charge in [-0.1, -0.05) is 12.8 Å². The number of nitrogens with one attached hydrogen (secondary N) is 1. The minimum atomic E-state index is -0.292. The third kappa shape index (κ3) is 3.69. The van der Waals surface area contributed by atoms with Crippen molar-refractivity contribution in [2.24, 2.45) is 11.8 Å². The van der Waals surface area contributed by atoms with Crippen LogP contribution in [0.1, 0.15) is 38.5 Å². The maximum atomic E-state index is 11.9. The molecule has 3 atom stereocenters. The zero-order chi connectivity index (χ0) is 13.7. The lowest BCUT2D eigenvalue weighted by molar-refractivity contribution is -0.149. The van der Waals surface area contributed by atoms with Crippen molar-refractivity contribution in [3.63, 3.8) is 0 Å². The van der Waals surface area contributed by atoms with Crippen LogP contribution in [0.3, 0.4) is 0 Å². The van der Waals surface area contributed by atoms with E-state index in [9.17, 15) is 9.59 Å². The van der Waals surface area contributed by atoms with Crippen molar-refractivity contribution >= 4 is 11.9 Å². The fourth-order valence-electron chi connectivity index (χ4n) is 3.04. The van der Waals surface area contributed by atoms with E-state index in [-0.39, 0.29) is 29.8 Å². The van der Waals surface area contributed by atoms with Gasteiger partial charge in [0.1, 0.15) is 6.10 Å². The van der Waals surface area contributed by atoms with Crippen LogP contribution >= 0.6 is 0 Å². The minimum Gasteiger partial charge on any atom is -0.469 e. The van der Waals surface area contributed by atoms with Gasteiger partial charge in [-0.25, -0.2) is 0 Å². The Kier molecular flexibility index (Phi) is 5.19. The number of esters is 1. The first-order valence-corrected chi connectivity index (χ1v) is 7.19. The Labute approximate surface area is 114 Å². The van der Waals surface area contributed by atoms with Gasteiger partial charge in [-0.15, -0.1) is 0 Å². The number of amides is 1. The molecule has 108 valence electrons. The molecular formula is C14H23NO4. The molecular weight excluding hydrogens is 246 g/mol. The van der Waals surface area contributed by atoms with Crippen LogP contribution in [0.2, 0.25) is 0 Å². The second-order valence-electron chi connectivity index (χ2n) is 5.42. The molecule has 2 aliphatic rings. The van der Waals surface area contributed by atoms with E-state index in [0.29, 0.717) is 13.2 Å². The maximum Gasteiger partial charge on any atom is 0.309 e. The largest absolute Gasteiger partial charge is 0.469 e. The van der Waals surface area contributed by atoms with Gasteiger partial charge in [-0.3, -0.25) is 9.59 Å². The van der Waals surface area contributed by atoms with Gasteiger partial charge >= 0.3 is 5.97 Å². The molecule has 1 aliphatic heterocycles. The molecule has 1 saturated heterocycles. The van der Waals surface area contributed by atoms with Crippen LogP contribution in [-0.4, -0.2) is 38.2 Å². The van der Waals surface area contributed by atoms with Gasteiger partial charge in [0.15, 0.2) is 0 Å². The summed E-state index contributed by atoms with van der Waals surface area (Å²) in [5, 5.41) is 2.93. The molecule has 1 amide bonds. The summed E-state index contributed by atoms with van der Waals surface area (Å²) in [6, 6.07) is 0. The summed E-state index contributed by atoms with van der Waals surface area (Å²) in [6.07, 6.45) is 5.49. The molecule has 1 heterocycles. The third-order valence-electron chi connectivity index (χ3n) is 4.17. The predicted octanol–water partition coefficient (Wildman–Crippen LogP) is 1.26. The first-order valence-electron chi connectivity index (χ1n) is 7.19. The van der Waals surface area contributed by atoms with Crippen molar-refractivity contribution < 1.29 is 19.1 Å². The molecule has 5 nitrogen and oxygen atoms in total. The highest BCUT2D eigenvalue weighted by molar-refractivity contribution is 5.81. The van der Waals surface area contributed by atoms with E-state index < -0.39 is 0 Å². The van der Waals surface area contributed by atoms with Gasteiger partial charge in [0.2, 0.25) is 5.91 Å². The van der Waals surface area contributed by atoms with Crippen molar-refractivity contribution in [1.29, 1.82) is 0 Å². The average Bonchev–Trinajstić information content (AvgIpc) is 2.98. The number of carbonyl (C=O) groups excluding carboxylic acids is 2. The van der Waals surface area contributed by atoms with Crippen LogP contribution in [0.15, 0.2) is 0 Å². The summed E-state index contributed by atoms with van der Waals surface area (Å²) in [4.78, 5) is 23.6. The summed E-state index contributed by atoms with van der Waals surface area (Å²) in [7, 11) is 1.43. The molecule has 1 aliphatic carbocycles. The monoisotopic (exact) mass is 269 g/mol. The number of hydrogen-bond donors (Lipinski definition) is 1. The molecule has 1 saturated carbocycles. The molecule has 0 aromatic carbocycles. The van der Waals surface area contributed by atoms with Crippen molar-refractivity contribution in [2.45, 2.75) is 44.6 Å². The van der Waals surface area contributed by atoms with Crippen molar-refractivity contribution in [1.82, 2.24) is 5.32 Å². The van der Waals surface area contributed by atoms with E-state index in [1.807, 2.05) is 0 Å². The van der Waals surface area contributed by atoms with Gasteiger partial charge in [0.25, 0.3) is 0 Å². The Morgan fingerprint density at radius 3 is 2.68 bits per heavy atom. The van der Waals surface area contributed by atoms with Gasteiger partial charge in [0.05, 0.1) is 13.0 Å². The zero-order valence-corrected chi connectivity index (χ0v) is 11.5. The van der Waals surface area contributed by atoms with E-state index in [1.165, 1.54) is 7.11 Å². The van der Waals surface area contributed by atoms with E-state index in [1.54, 1.807) is 0 Å². The van der Waals surface area contributed by atoms with E-state index >= 15 is 0 Å². The quantitative estimate of drug-likeness (QED) is 0.780. The predicted molar refractivity (Wildman–Crippen MR) is 69.4 cm³/mol. The molecule has 5 heteroatoms. The topological polar surface area (TPSA) is 64.6 Å². The van der Waals surface area contributed by atoms with Crippen molar-refractivity contribution in [2.75, 3.05) is 20.3 Å². The highest BCUT2D eigenvalue weighted by Gasteiger charge is 2.32. The molecule has 0 bridgehead atoms. The first-order chi connectivity index (χ1) is 9.22. The smallest absolute Gasteiger partial charge is 0.309 e. The van der Waals surface area contributed by atoms with Crippen LogP contribution in [-0.2, 0) is 19.1 Å². The minimum absolute atomic E-state index is 0.0355. The molecule has 0 radical (unpaired) electrons. The van der Waals surface area contributed by atoms with Gasteiger partial charge in [0, 0.05) is 13.2 Å². The lowest BCUT2D eigenvalue weighted by atomic mass is 9.79. The summed E-state index contributed by atoms with van der Waals surface area (Å²) in [6.45, 7) is 1.23. The number of ether oxygens (including phenoxy) is 2. The van der Waals surface area contributed by atoms with E-state index in [0.717, 1.165) is 38.5 Å². The number of methoxy groups -OCH3 is 1. The summed E-state index contributed by atoms with van der Waals surface area (Å²) in [5.74, 6) is -0.0437. The van der Waals surface area contributed by atoms with Crippen LogP contribution in [0, 0.1) is 11.8 Å². The Morgan fingerprint density at radius 2 is 2.00 bits per heavy atom. The Hall–Kier alpha value is -1.10. The van der Waals surface area contributed by atoms with Gasteiger partial charge in [-0.05, 0) is 31.6 Å². The second kappa shape index (κ2) is 6.89. The van der Waals surface area contributed by atoms with Crippen LogP contribution in [0.25, 0.3) is 0 Å². The molecule has 0 spiro atoms. The third-order valence-corrected chi connectivity index (χ3v) is 4.17. The Bertz CT molecular complexity index is 325. The molecule has 19 heavy (non-hydrogen) atoms. The van der Waals surface area contributed by atoms with Gasteiger partial charge in [-0.2, -0.15) is 0 Å². The van der Waals surface area contributed by atoms with Crippen LogP contribution < -0.4 is 5.32 Å². The number of carbonyl (C=O) groups is 2. The molecule has 2 rings (SSSR count). The summed E-state index contributed by atoms with van der Waals surface area (Å²) >= 11 is 0. The SMILES string of the molecule is COC(=O)C1CCCCC1CNC(=O)C1CCCO1. The maximum absolute atomic E-state index is 11.9. The van der Waals surface area contributed by atoms with Gasteiger partial charge < -0.3 is 14.8 Å². The van der Waals surface area contributed by atoms with E-state index in [2.05, 4.69) is 5.32 Å². The molecule has 2 fully saturated rings. The highest BCUT2D eigenvalue weighted by atomic mass is 16.5. The average molecular weight is 269 g/mol. The van der Waals surface area contributed by atoms with Crippen molar-refractivity contribution in [3.8, 4) is 0 Å². The number of rotatable bonds is 4. The fourth-order valence-corrected chi connectivity index (χ4v) is 3.04. The lowest BCUT2D eigenvalue weighted by Crippen LogP contribution is -2.41. The first kappa shape index (κ1) is 14.3. The molecule has 0 aromatic heterocycles. The standard InChI is InChI=1S/C14H23NO4/c1-18-14(17)11-6-3-2-5-10(11)9-15-13(16)12-7-4-8-19-12/h10-12H,2-9H2,1H3,(H,15,16). The molecule has 0 aromatic rings. The lowest BCUT2D eigenvalue weighted by Gasteiger charge is -2.29. The Balaban J connectivity index is 1.82.